The van der Waals surface area contributed by atoms with E-state index in [4.69, 9.17) is 96.4 Å². The number of methoxy groups -OCH3 is 2. The summed E-state index contributed by atoms with van der Waals surface area (Å²) in [4.78, 5) is 110. The Morgan fingerprint density at radius 1 is 0.463 bits per heavy atom. The van der Waals surface area contributed by atoms with E-state index in [2.05, 4.69) is 45.9 Å². The number of fused-ring (bicyclic) bond motifs is 6. The molecule has 26 nitrogen and oxygen atoms in total. The Morgan fingerprint density at radius 3 is 1.35 bits per heavy atom. The minimum absolute atomic E-state index is 0.162. The zero-order chi connectivity index (χ0) is 85.8. The summed E-state index contributed by atoms with van der Waals surface area (Å²) in [6, 6.07) is 57.4. The molecule has 0 fully saturated rings. The lowest BCUT2D eigenvalue weighted by Crippen LogP contribution is -2.45. The molecule has 3 atom stereocenters. The number of benzene rings is 8. The first kappa shape index (κ1) is 84.9. The number of nitrogens with two attached hydrogens (primary N) is 1. The predicted molar refractivity (Wildman–Crippen MR) is 478 cm³/mol. The molecule has 0 bridgehead atoms. The summed E-state index contributed by atoms with van der Waals surface area (Å²) in [7, 11) is 8.36. The second-order valence-electron chi connectivity index (χ2n) is 28.3. The molecule has 15 aromatic rings. The Hall–Kier alpha value is -12.5. The fraction of sp³-hybridized carbons (Fsp3) is 0.170. The van der Waals surface area contributed by atoms with E-state index >= 15 is 0 Å². The molecule has 0 unspecified atom stereocenters. The molecule has 2 aliphatic heterocycles. The number of nitrogens with one attached hydrogen (secondary N) is 3. The van der Waals surface area contributed by atoms with Gasteiger partial charge in [0.15, 0.2) is 23.2 Å². The van der Waals surface area contributed by atoms with Crippen LogP contribution in [0.3, 0.4) is 0 Å². The van der Waals surface area contributed by atoms with Crippen molar-refractivity contribution < 1.29 is 23.6 Å². The van der Waals surface area contributed by atoms with Crippen LogP contribution in [-0.2, 0) is 20.1 Å². The summed E-state index contributed by atoms with van der Waals surface area (Å²) in [5, 5.41) is 15.3. The van der Waals surface area contributed by atoms with Crippen molar-refractivity contribution in [2.75, 3.05) is 62.5 Å². The van der Waals surface area contributed by atoms with Crippen LogP contribution in [-0.4, -0.2) is 111 Å². The smallest absolute Gasteiger partial charge is 0.323 e. The minimum Gasteiger partial charge on any atom is -0.497 e. The monoisotopic (exact) mass is 1760 g/mol. The molecule has 121 heavy (non-hydrogen) atoms. The van der Waals surface area contributed by atoms with Crippen LogP contribution in [0.25, 0.3) is 60.4 Å². The lowest BCUT2D eigenvalue weighted by atomic mass is 10.1. The van der Waals surface area contributed by atoms with Crippen molar-refractivity contribution in [2.24, 2.45) is 12.8 Å². The first-order valence-electron chi connectivity index (χ1n) is 37.7. The molecule has 17 rings (SSSR count). The number of carbonyl (C=O) groups is 2. The maximum atomic E-state index is 14.0. The SMILES string of the molecule is COc1ccc(CN2CN(C)C(=O)c3c(N[C@@H](C)c4c(Cl)c5cccc(Cl)c5c(=O)n4-c4ccccc4)ncnc32)cc1.COc1ccc(C[n+]2cn(C)c(=O)c3c(Cl)ncnc32)cc1.C[C@H](N)c1c(Cl)c2cccc(Cl)c2c(=O)n1-c1ccccc1.C[C@H](Nc1ncnc2c1C(=O)N(C)CN2)c1c(Cl)c2cccc(Cl)c2c(=O)n1-c1ccccc1. The lowest BCUT2D eigenvalue weighted by Gasteiger charge is -2.36. The summed E-state index contributed by atoms with van der Waals surface area (Å²) in [6.07, 6.45) is 5.87. The second kappa shape index (κ2) is 36.6. The number of aromatic nitrogens is 11. The highest BCUT2D eigenvalue weighted by molar-refractivity contribution is 6.41. The maximum Gasteiger partial charge on any atom is 0.323 e. The summed E-state index contributed by atoms with van der Waals surface area (Å²) >= 11 is 45.7. The van der Waals surface area contributed by atoms with Crippen molar-refractivity contribution >= 4 is 160 Å². The van der Waals surface area contributed by atoms with Crippen LogP contribution in [0.5, 0.6) is 11.5 Å². The summed E-state index contributed by atoms with van der Waals surface area (Å²) < 4.78 is 18.4. The van der Waals surface area contributed by atoms with Crippen LogP contribution in [0.1, 0.15) is 87.8 Å². The van der Waals surface area contributed by atoms with Gasteiger partial charge in [0.05, 0.1) is 117 Å². The molecule has 8 aromatic carbocycles. The number of hydrogen-bond donors (Lipinski definition) is 4. The quantitative estimate of drug-likeness (QED) is 0.0516. The maximum absolute atomic E-state index is 14.0. The van der Waals surface area contributed by atoms with Gasteiger partial charge in [0.1, 0.15) is 58.6 Å². The van der Waals surface area contributed by atoms with E-state index in [0.717, 1.165) is 22.6 Å². The Bertz CT molecular complexity index is 6750. The molecule has 7 aromatic heterocycles. The molecule has 0 saturated heterocycles. The summed E-state index contributed by atoms with van der Waals surface area (Å²) in [5.74, 6) is 2.78. The largest absolute Gasteiger partial charge is 0.497 e. The van der Waals surface area contributed by atoms with Gasteiger partial charge in [0, 0.05) is 59.9 Å². The highest BCUT2D eigenvalue weighted by Gasteiger charge is 2.35. The molecule has 9 heterocycles. The van der Waals surface area contributed by atoms with E-state index in [9.17, 15) is 28.8 Å². The summed E-state index contributed by atoms with van der Waals surface area (Å²) in [6.45, 7) is 7.31. The Kier molecular flexibility index (Phi) is 25.7. The number of rotatable bonds is 16. The van der Waals surface area contributed by atoms with Crippen molar-refractivity contribution in [3.8, 4) is 28.6 Å². The van der Waals surface area contributed by atoms with E-state index in [-0.39, 0.29) is 39.2 Å². The van der Waals surface area contributed by atoms with Crippen molar-refractivity contribution in [3.05, 3.63) is 335 Å². The van der Waals surface area contributed by atoms with Gasteiger partial charge >= 0.3 is 5.56 Å². The van der Waals surface area contributed by atoms with Crippen molar-refractivity contribution in [1.82, 2.24) is 58.0 Å². The molecule has 5 N–H and O–H groups in total. The normalized spacial score (nSPS) is 13.0. The number of hydrogen-bond acceptors (Lipinski definition) is 19. The highest BCUT2D eigenvalue weighted by Crippen LogP contribution is 2.40. The number of amides is 2. The van der Waals surface area contributed by atoms with Crippen molar-refractivity contribution in [3.63, 3.8) is 0 Å². The molecule has 2 amide bonds. The molecule has 614 valence electrons. The Balaban J connectivity index is 0.000000137. The van der Waals surface area contributed by atoms with Gasteiger partial charge in [-0.15, -0.1) is 0 Å². The first-order valence-corrected chi connectivity index (χ1v) is 40.3. The zero-order valence-electron chi connectivity index (χ0n) is 66.1. The second-order valence-corrected chi connectivity index (χ2v) is 31.0. The number of carbonyl (C=O) groups excluding carboxylic acids is 2. The van der Waals surface area contributed by atoms with Crippen LogP contribution in [0.2, 0.25) is 35.3 Å². The van der Waals surface area contributed by atoms with E-state index in [1.165, 1.54) is 28.4 Å². The van der Waals surface area contributed by atoms with Gasteiger partial charge in [-0.2, -0.15) is 0 Å². The van der Waals surface area contributed by atoms with Crippen LogP contribution in [0, 0.1) is 0 Å². The predicted octanol–water partition coefficient (Wildman–Crippen LogP) is 16.7. The third-order valence-electron chi connectivity index (χ3n) is 20.3. The molecule has 0 aliphatic carbocycles. The van der Waals surface area contributed by atoms with Crippen molar-refractivity contribution in [1.29, 1.82) is 0 Å². The van der Waals surface area contributed by atoms with Crippen LogP contribution < -0.4 is 62.9 Å². The zero-order valence-corrected chi connectivity index (χ0v) is 71.4. The van der Waals surface area contributed by atoms with E-state index in [0.29, 0.717) is 168 Å². The first-order chi connectivity index (χ1) is 58.3. The standard InChI is InChI=1S/C32H28Cl2N6O3.C24H20Cl2N6O2.C17H14Cl2N2O.C15H14ClN4O2/c1-19(28-27(34)23-10-7-11-24(33)25(23)32(42)40(28)21-8-5-4-6-9-21)37-29-26-30(36-17-35-29)39(18-38(2)31(26)41)16-20-12-14-22(43-3)15-13-20;1-13(30-22-18-21(27-11-28-22)29-12-31(2)23(18)33)20-19(26)15-9-6-10-16(25)17(15)24(34)32(20)14-7-4-3-5-8-14;1-10(20)16-15(19)12-8-5-9-13(18)14(12)17(22)21(16)11-6-3-2-4-7-11;1-19-9-20(7-10-3-5-11(22-2)6-4-10)14-12(15(19)21)13(16)17-8-18-14/h4-15,17,19H,16,18H2,1-3H3,(H,35,36,37);3-11,13H,12H2,1-2H3,(H2,27,28,29,30);2-10H,20H2,1H3;3-6,8-9H,7H2,1-2H3/q;;;+1/t19-;13-;10-;/m000./s1. The summed E-state index contributed by atoms with van der Waals surface area (Å²) in [5.41, 5.74) is 11.9. The molecule has 0 saturated carbocycles. The number of para-hydroxylation sites is 3. The van der Waals surface area contributed by atoms with E-state index in [1.807, 2.05) is 163 Å². The Morgan fingerprint density at radius 2 is 0.884 bits per heavy atom. The van der Waals surface area contributed by atoms with Gasteiger partial charge in [-0.05, 0) is 111 Å². The van der Waals surface area contributed by atoms with Gasteiger partial charge in [-0.25, -0.2) is 38.8 Å². The molecular weight excluding hydrogens is 1690 g/mol. The molecular formula is C88H76Cl7N18O8+. The average Bonchev–Trinajstić information content (AvgIpc) is 0.744. The van der Waals surface area contributed by atoms with Crippen LogP contribution >= 0.6 is 81.2 Å². The van der Waals surface area contributed by atoms with Crippen molar-refractivity contribution in [2.45, 2.75) is 52.0 Å². The fourth-order valence-corrected chi connectivity index (χ4v) is 16.7. The number of nitrogens with zero attached hydrogens (tertiary/aromatic N) is 14. The number of ether oxygens (including phenoxy) is 2. The highest BCUT2D eigenvalue weighted by atomic mass is 35.5. The molecule has 33 heteroatoms. The molecule has 0 spiro atoms. The number of aryl methyl sites for hydroxylation is 1. The van der Waals surface area contributed by atoms with Gasteiger partial charge in [0.2, 0.25) is 0 Å². The third kappa shape index (κ3) is 17.1. The van der Waals surface area contributed by atoms with Gasteiger partial charge < -0.3 is 45.9 Å². The van der Waals surface area contributed by atoms with Crippen LogP contribution in [0.15, 0.2) is 239 Å². The minimum atomic E-state index is -0.558. The fourth-order valence-electron chi connectivity index (χ4n) is 14.5. The number of halogens is 7. The van der Waals surface area contributed by atoms with E-state index < -0.39 is 18.1 Å². The number of anilines is 4. The van der Waals surface area contributed by atoms with Gasteiger partial charge in [-0.3, -0.25) is 37.7 Å². The van der Waals surface area contributed by atoms with E-state index in [1.54, 1.807) is 122 Å². The Labute approximate surface area is 727 Å². The molecule has 0 radical (unpaired) electrons. The lowest BCUT2D eigenvalue weighted by molar-refractivity contribution is -0.668. The van der Waals surface area contributed by atoms with Crippen LogP contribution in [0.4, 0.5) is 23.3 Å². The number of pyridine rings is 3. The average molecular weight is 1760 g/mol. The third-order valence-corrected chi connectivity index (χ3v) is 22.7. The van der Waals surface area contributed by atoms with Gasteiger partial charge in [0.25, 0.3) is 34.1 Å². The molecule has 2 aliphatic rings. The van der Waals surface area contributed by atoms with Gasteiger partial charge in [-0.1, -0.05) is 201 Å². The topological polar surface area (TPSA) is 294 Å².